The molecule has 0 radical (unpaired) electrons. The molecule has 29 heavy (non-hydrogen) atoms. The van der Waals surface area contributed by atoms with Crippen LogP contribution in [-0.4, -0.2) is 65.4 Å². The highest BCUT2D eigenvalue weighted by Gasteiger charge is 2.17. The quantitative estimate of drug-likeness (QED) is 0.649. The predicted octanol–water partition coefficient (Wildman–Crippen LogP) is 3.27. The van der Waals surface area contributed by atoms with Gasteiger partial charge in [-0.2, -0.15) is 4.37 Å². The maximum absolute atomic E-state index is 12.6. The van der Waals surface area contributed by atoms with Crippen LogP contribution in [0.2, 0.25) is 0 Å². The van der Waals surface area contributed by atoms with Crippen LogP contribution in [0, 0.1) is 0 Å². The normalized spacial score (nSPS) is 15.4. The fourth-order valence-electron chi connectivity index (χ4n) is 3.13. The zero-order chi connectivity index (χ0) is 20.2. The maximum Gasteiger partial charge on any atom is 0.258 e. The van der Waals surface area contributed by atoms with Gasteiger partial charge in [-0.25, -0.2) is 4.98 Å². The van der Waals surface area contributed by atoms with Crippen molar-refractivity contribution in [2.24, 2.45) is 0 Å². The second-order valence-corrected chi connectivity index (χ2v) is 8.64. The molecule has 0 bridgehead atoms. The minimum atomic E-state index is -0.169. The number of anilines is 1. The number of carbonyl (C=O) groups is 1. The molecular weight excluding hydrogens is 406 g/mol. The predicted molar refractivity (Wildman–Crippen MR) is 117 cm³/mol. The molecule has 0 atom stereocenters. The Morgan fingerprint density at radius 1 is 1.24 bits per heavy atom. The van der Waals surface area contributed by atoms with E-state index in [1.807, 2.05) is 35.7 Å². The maximum atomic E-state index is 12.6. The fraction of sp³-hybridized carbons (Fsp3) is 0.350. The molecule has 1 amide bonds. The van der Waals surface area contributed by atoms with Gasteiger partial charge in [0.1, 0.15) is 5.75 Å². The number of aromatic nitrogens is 2. The summed E-state index contributed by atoms with van der Waals surface area (Å²) in [6.07, 6.45) is 0. The molecule has 3 aromatic rings. The minimum absolute atomic E-state index is 0.169. The van der Waals surface area contributed by atoms with Crippen molar-refractivity contribution in [1.29, 1.82) is 0 Å². The van der Waals surface area contributed by atoms with Crippen LogP contribution in [0.1, 0.15) is 16.2 Å². The summed E-state index contributed by atoms with van der Waals surface area (Å²) in [5.41, 5.74) is 1.64. The van der Waals surface area contributed by atoms with Gasteiger partial charge in [0.25, 0.3) is 5.91 Å². The molecule has 1 fully saturated rings. The van der Waals surface area contributed by atoms with Crippen molar-refractivity contribution in [2.75, 3.05) is 45.7 Å². The van der Waals surface area contributed by atoms with E-state index in [1.54, 1.807) is 7.11 Å². The highest BCUT2D eigenvalue weighted by atomic mass is 32.1. The monoisotopic (exact) mass is 429 g/mol. The lowest BCUT2D eigenvalue weighted by molar-refractivity contribution is 0.102. The summed E-state index contributed by atoms with van der Waals surface area (Å²) >= 11 is 2.76. The topological polar surface area (TPSA) is 70.6 Å². The van der Waals surface area contributed by atoms with Gasteiger partial charge in [-0.05, 0) is 30.8 Å². The largest absolute Gasteiger partial charge is 0.497 e. The third-order valence-electron chi connectivity index (χ3n) is 4.87. The molecule has 1 aromatic carbocycles. The number of piperazine rings is 1. The van der Waals surface area contributed by atoms with Gasteiger partial charge in [0.05, 0.1) is 19.2 Å². The number of methoxy groups -OCH3 is 1. The van der Waals surface area contributed by atoms with Crippen molar-refractivity contribution in [3.63, 3.8) is 0 Å². The number of rotatable bonds is 6. The molecule has 1 N–H and O–H groups in total. The van der Waals surface area contributed by atoms with Crippen LogP contribution in [0.3, 0.4) is 0 Å². The molecule has 152 valence electrons. The Morgan fingerprint density at radius 2 is 2.07 bits per heavy atom. The zero-order valence-corrected chi connectivity index (χ0v) is 18.1. The molecule has 0 aliphatic carbocycles. The molecule has 3 heterocycles. The number of amides is 1. The van der Waals surface area contributed by atoms with E-state index in [0.29, 0.717) is 10.7 Å². The molecule has 0 saturated carbocycles. The zero-order valence-electron chi connectivity index (χ0n) is 16.4. The average Bonchev–Trinajstić information content (AvgIpc) is 3.40. The first-order valence-corrected chi connectivity index (χ1v) is 11.0. The van der Waals surface area contributed by atoms with Gasteiger partial charge in [0, 0.05) is 48.0 Å². The molecule has 2 aromatic heterocycles. The van der Waals surface area contributed by atoms with Crippen LogP contribution in [0.25, 0.3) is 10.4 Å². The van der Waals surface area contributed by atoms with Gasteiger partial charge >= 0.3 is 0 Å². The molecule has 4 rings (SSSR count). The first kappa shape index (κ1) is 20.0. The summed E-state index contributed by atoms with van der Waals surface area (Å²) in [4.78, 5) is 22.8. The van der Waals surface area contributed by atoms with Crippen molar-refractivity contribution >= 4 is 33.9 Å². The lowest BCUT2D eigenvalue weighted by atomic mass is 10.1. The van der Waals surface area contributed by atoms with Gasteiger partial charge in [-0.3, -0.25) is 15.0 Å². The number of thiophene rings is 1. The SMILES string of the molecule is COc1cccc(-c2cc(C(=O)Nc3nc(CN4CCN(C)CC4)ns3)cs2)c1. The van der Waals surface area contributed by atoms with E-state index < -0.39 is 0 Å². The fourth-order valence-corrected chi connectivity index (χ4v) is 4.59. The summed E-state index contributed by atoms with van der Waals surface area (Å²) in [6, 6.07) is 9.70. The number of likely N-dealkylation sites (N-methyl/N-ethyl adjacent to an activating group) is 1. The van der Waals surface area contributed by atoms with Crippen LogP contribution < -0.4 is 10.1 Å². The second-order valence-electron chi connectivity index (χ2n) is 6.98. The molecule has 1 saturated heterocycles. The molecule has 9 heteroatoms. The van der Waals surface area contributed by atoms with Gasteiger partial charge in [0.15, 0.2) is 5.82 Å². The van der Waals surface area contributed by atoms with Crippen molar-refractivity contribution in [2.45, 2.75) is 6.54 Å². The van der Waals surface area contributed by atoms with Crippen LogP contribution in [0.15, 0.2) is 35.7 Å². The summed E-state index contributed by atoms with van der Waals surface area (Å²) in [7, 11) is 3.78. The summed E-state index contributed by atoms with van der Waals surface area (Å²) in [5, 5.41) is 5.26. The van der Waals surface area contributed by atoms with Crippen LogP contribution >= 0.6 is 22.9 Å². The van der Waals surface area contributed by atoms with Crippen LogP contribution in [0.5, 0.6) is 5.75 Å². The molecular formula is C20H23N5O2S2. The Morgan fingerprint density at radius 3 is 2.86 bits per heavy atom. The van der Waals surface area contributed by atoms with E-state index in [2.05, 4.69) is 31.5 Å². The summed E-state index contributed by atoms with van der Waals surface area (Å²) < 4.78 is 9.67. The smallest absolute Gasteiger partial charge is 0.258 e. The van der Waals surface area contributed by atoms with Gasteiger partial charge in [0.2, 0.25) is 5.13 Å². The van der Waals surface area contributed by atoms with Gasteiger partial charge in [-0.1, -0.05) is 12.1 Å². The van der Waals surface area contributed by atoms with Gasteiger partial charge in [-0.15, -0.1) is 11.3 Å². The molecule has 1 aliphatic heterocycles. The van der Waals surface area contributed by atoms with Crippen LogP contribution in [-0.2, 0) is 6.54 Å². The Kier molecular flexibility index (Phi) is 6.19. The molecule has 1 aliphatic rings. The van der Waals surface area contributed by atoms with Crippen LogP contribution in [0.4, 0.5) is 5.13 Å². The second kappa shape index (κ2) is 9.00. The Bertz CT molecular complexity index is 979. The lowest BCUT2D eigenvalue weighted by Crippen LogP contribution is -2.44. The number of carbonyl (C=O) groups excluding carboxylic acids is 1. The Balaban J connectivity index is 1.37. The number of nitrogens with one attached hydrogen (secondary N) is 1. The Hall–Kier alpha value is -2.33. The van der Waals surface area contributed by atoms with Crippen molar-refractivity contribution in [3.8, 4) is 16.2 Å². The van der Waals surface area contributed by atoms with E-state index in [1.165, 1.54) is 22.9 Å². The Labute approximate surface area is 178 Å². The highest BCUT2D eigenvalue weighted by molar-refractivity contribution is 7.14. The molecule has 0 spiro atoms. The average molecular weight is 430 g/mol. The van der Waals surface area contributed by atoms with E-state index in [4.69, 9.17) is 4.74 Å². The van der Waals surface area contributed by atoms with Crippen molar-refractivity contribution in [1.82, 2.24) is 19.2 Å². The molecule has 7 nitrogen and oxygen atoms in total. The van der Waals surface area contributed by atoms with Crippen molar-refractivity contribution in [3.05, 3.63) is 47.1 Å². The number of hydrogen-bond donors (Lipinski definition) is 1. The first-order valence-electron chi connectivity index (χ1n) is 9.38. The number of ether oxygens (including phenoxy) is 1. The third kappa shape index (κ3) is 4.99. The third-order valence-corrected chi connectivity index (χ3v) is 6.51. The molecule has 0 unspecified atom stereocenters. The number of nitrogens with zero attached hydrogens (tertiary/aromatic N) is 4. The highest BCUT2D eigenvalue weighted by Crippen LogP contribution is 2.30. The first-order chi connectivity index (χ1) is 14.1. The standard InChI is InChI=1S/C20H23N5O2S2/c1-24-6-8-25(9-7-24)12-18-21-20(29-23-18)22-19(26)15-11-17(28-13-15)14-4-3-5-16(10-14)27-2/h3-5,10-11,13H,6-9,12H2,1-2H3,(H,21,22,23,26). The summed E-state index contributed by atoms with van der Waals surface area (Å²) in [5.74, 6) is 1.39. The van der Waals surface area contributed by atoms with E-state index in [-0.39, 0.29) is 5.91 Å². The number of benzene rings is 1. The van der Waals surface area contributed by atoms with E-state index in [9.17, 15) is 4.79 Å². The lowest BCUT2D eigenvalue weighted by Gasteiger charge is -2.31. The van der Waals surface area contributed by atoms with Gasteiger partial charge < -0.3 is 9.64 Å². The number of hydrogen-bond acceptors (Lipinski definition) is 8. The van der Waals surface area contributed by atoms with E-state index >= 15 is 0 Å². The minimum Gasteiger partial charge on any atom is -0.497 e. The summed E-state index contributed by atoms with van der Waals surface area (Å²) in [6.45, 7) is 4.86. The van der Waals surface area contributed by atoms with E-state index in [0.717, 1.165) is 54.7 Å². The van der Waals surface area contributed by atoms with Crippen molar-refractivity contribution < 1.29 is 9.53 Å².